The van der Waals surface area contributed by atoms with Crippen LogP contribution >= 0.6 is 0 Å². The summed E-state index contributed by atoms with van der Waals surface area (Å²) in [5, 5.41) is 10.2. The highest BCUT2D eigenvalue weighted by Gasteiger charge is 2.49. The maximum Gasteiger partial charge on any atom is 0.253 e. The van der Waals surface area contributed by atoms with Gasteiger partial charge >= 0.3 is 0 Å². The summed E-state index contributed by atoms with van der Waals surface area (Å²) in [4.78, 5) is 31.4. The van der Waals surface area contributed by atoms with Crippen molar-refractivity contribution >= 4 is 17.5 Å². The molecule has 2 amide bonds. The molecule has 2 fully saturated rings. The van der Waals surface area contributed by atoms with E-state index < -0.39 is 0 Å². The van der Waals surface area contributed by atoms with E-state index in [4.69, 9.17) is 0 Å². The minimum absolute atomic E-state index is 0.0102. The summed E-state index contributed by atoms with van der Waals surface area (Å²) >= 11 is 0. The molecule has 1 N–H and O–H groups in total. The first-order valence-corrected chi connectivity index (χ1v) is 12.0. The number of rotatable bonds is 4. The van der Waals surface area contributed by atoms with Crippen LogP contribution in [0.3, 0.4) is 0 Å². The molecule has 3 atom stereocenters. The zero-order valence-corrected chi connectivity index (χ0v) is 19.7. The van der Waals surface area contributed by atoms with E-state index in [9.17, 15) is 14.7 Å². The predicted octanol–water partition coefficient (Wildman–Crippen LogP) is 3.56. The Hall–Kier alpha value is -2.86. The van der Waals surface area contributed by atoms with Crippen LogP contribution in [0, 0.1) is 11.8 Å². The molecule has 0 spiro atoms. The maximum absolute atomic E-state index is 13.3. The summed E-state index contributed by atoms with van der Waals surface area (Å²) in [7, 11) is 5.56. The van der Waals surface area contributed by atoms with Gasteiger partial charge < -0.3 is 19.8 Å². The van der Waals surface area contributed by atoms with Gasteiger partial charge in [0, 0.05) is 50.8 Å². The van der Waals surface area contributed by atoms with E-state index in [1.54, 1.807) is 19.0 Å². The van der Waals surface area contributed by atoms with Gasteiger partial charge in [0.15, 0.2) is 0 Å². The number of aliphatic hydroxyl groups is 1. The lowest BCUT2D eigenvalue weighted by atomic mass is 9.80. The number of nitrogens with zero attached hydrogens (tertiary/aromatic N) is 3. The number of hydrogen-bond donors (Lipinski definition) is 1. The van der Waals surface area contributed by atoms with Gasteiger partial charge in [0.1, 0.15) is 0 Å². The van der Waals surface area contributed by atoms with Crippen LogP contribution in [0.4, 0.5) is 5.69 Å². The number of carbonyl (C=O) groups excluding carboxylic acids is 2. The number of fused-ring (bicyclic) bond motifs is 3. The molecule has 6 nitrogen and oxygen atoms in total. The molecule has 33 heavy (non-hydrogen) atoms. The fourth-order valence-electron chi connectivity index (χ4n) is 5.83. The fraction of sp³-hybridized carbons (Fsp3) is 0.481. The van der Waals surface area contributed by atoms with Crippen molar-refractivity contribution in [3.63, 3.8) is 0 Å². The number of likely N-dealkylation sites (N-methyl/N-ethyl adjacent to an activating group) is 1. The minimum Gasteiger partial charge on any atom is -0.394 e. The third-order valence-corrected chi connectivity index (χ3v) is 7.96. The number of hydrogen-bond acceptors (Lipinski definition) is 4. The lowest BCUT2D eigenvalue weighted by molar-refractivity contribution is -0.139. The summed E-state index contributed by atoms with van der Waals surface area (Å²) < 4.78 is 0. The molecule has 2 aromatic carbocycles. The molecule has 1 saturated carbocycles. The van der Waals surface area contributed by atoms with Gasteiger partial charge in [0.25, 0.3) is 5.91 Å². The Morgan fingerprint density at radius 3 is 2.33 bits per heavy atom. The molecule has 1 saturated heterocycles. The van der Waals surface area contributed by atoms with Crippen LogP contribution in [-0.4, -0.2) is 67.1 Å². The van der Waals surface area contributed by atoms with Gasteiger partial charge in [-0.3, -0.25) is 9.59 Å². The zero-order chi connectivity index (χ0) is 23.3. The Morgan fingerprint density at radius 1 is 1.03 bits per heavy atom. The first kappa shape index (κ1) is 22.0. The normalized spacial score (nSPS) is 24.2. The highest BCUT2D eigenvalue weighted by Crippen LogP contribution is 2.50. The van der Waals surface area contributed by atoms with E-state index in [1.807, 2.05) is 31.3 Å². The molecule has 6 heteroatoms. The third kappa shape index (κ3) is 3.61. The molecule has 5 rings (SSSR count). The Balaban J connectivity index is 1.52. The summed E-state index contributed by atoms with van der Waals surface area (Å²) in [5.74, 6) is 0.678. The average molecular weight is 448 g/mol. The van der Waals surface area contributed by atoms with Crippen LogP contribution < -0.4 is 4.90 Å². The summed E-state index contributed by atoms with van der Waals surface area (Å²) in [5.41, 5.74) is 5.05. The molecule has 0 unspecified atom stereocenters. The SMILES string of the molecule is CN(C)C(=O)c1ccc(-c2ccc3c(c2)[C@H]2[C@H](CCN2C(=O)C2CCC2)[C@H](CO)N3C)cc1. The second-order valence-corrected chi connectivity index (χ2v) is 9.97. The van der Waals surface area contributed by atoms with E-state index >= 15 is 0 Å². The Morgan fingerprint density at radius 2 is 1.73 bits per heavy atom. The largest absolute Gasteiger partial charge is 0.394 e. The number of aliphatic hydroxyl groups excluding tert-OH is 1. The van der Waals surface area contributed by atoms with Gasteiger partial charge in [-0.1, -0.05) is 24.6 Å². The second-order valence-electron chi connectivity index (χ2n) is 9.97. The van der Waals surface area contributed by atoms with Crippen molar-refractivity contribution < 1.29 is 14.7 Å². The molecule has 2 heterocycles. The topological polar surface area (TPSA) is 64.1 Å². The van der Waals surface area contributed by atoms with E-state index in [2.05, 4.69) is 28.0 Å². The molecule has 0 bridgehead atoms. The Kier molecular flexibility index (Phi) is 5.65. The molecule has 2 aliphatic heterocycles. The van der Waals surface area contributed by atoms with E-state index in [-0.39, 0.29) is 42.3 Å². The first-order valence-electron chi connectivity index (χ1n) is 12.0. The lowest BCUT2D eigenvalue weighted by Gasteiger charge is -2.45. The molecule has 174 valence electrons. The van der Waals surface area contributed by atoms with Crippen molar-refractivity contribution in [3.8, 4) is 11.1 Å². The van der Waals surface area contributed by atoms with Gasteiger partial charge in [-0.25, -0.2) is 0 Å². The summed E-state index contributed by atoms with van der Waals surface area (Å²) in [6, 6.07) is 14.2. The molecule has 3 aliphatic rings. The number of carbonyl (C=O) groups is 2. The standard InChI is InChI=1S/C27H33N3O3/c1-28(2)26(32)19-9-7-17(8-10-19)20-11-12-23-22(15-20)25-21(24(16-31)29(23)3)13-14-30(25)27(33)18-5-4-6-18/h7-12,15,18,21,24-25,31H,4-6,13-14,16H2,1-3H3/t21-,24+,25-/m1/s1. The van der Waals surface area contributed by atoms with Crippen LogP contribution in [-0.2, 0) is 4.79 Å². The Bertz CT molecular complexity index is 1060. The second kappa shape index (κ2) is 8.49. The van der Waals surface area contributed by atoms with Crippen molar-refractivity contribution in [2.24, 2.45) is 11.8 Å². The van der Waals surface area contributed by atoms with E-state index in [1.165, 1.54) is 5.56 Å². The predicted molar refractivity (Wildman–Crippen MR) is 129 cm³/mol. The molecule has 0 radical (unpaired) electrons. The monoisotopic (exact) mass is 447 g/mol. The lowest BCUT2D eigenvalue weighted by Crippen LogP contribution is -2.49. The van der Waals surface area contributed by atoms with Crippen molar-refractivity contribution in [2.45, 2.75) is 37.8 Å². The van der Waals surface area contributed by atoms with Crippen molar-refractivity contribution in [1.29, 1.82) is 0 Å². The number of benzene rings is 2. The molecule has 0 aromatic heterocycles. The molecular weight excluding hydrogens is 414 g/mol. The van der Waals surface area contributed by atoms with Gasteiger partial charge in [-0.2, -0.15) is 0 Å². The molecule has 1 aliphatic carbocycles. The van der Waals surface area contributed by atoms with E-state index in [0.29, 0.717) is 5.56 Å². The Labute approximate surface area is 195 Å². The van der Waals surface area contributed by atoms with E-state index in [0.717, 1.165) is 49.0 Å². The van der Waals surface area contributed by atoms with Crippen LogP contribution in [0.2, 0.25) is 0 Å². The highest BCUT2D eigenvalue weighted by molar-refractivity contribution is 5.94. The van der Waals surface area contributed by atoms with Crippen molar-refractivity contribution in [2.75, 3.05) is 39.2 Å². The van der Waals surface area contributed by atoms with Gasteiger partial charge in [-0.05, 0) is 60.2 Å². The highest BCUT2D eigenvalue weighted by atomic mass is 16.3. The summed E-state index contributed by atoms with van der Waals surface area (Å²) in [6.45, 7) is 0.853. The summed E-state index contributed by atoms with van der Waals surface area (Å²) in [6.07, 6.45) is 4.07. The van der Waals surface area contributed by atoms with Crippen LogP contribution in [0.25, 0.3) is 11.1 Å². The smallest absolute Gasteiger partial charge is 0.253 e. The van der Waals surface area contributed by atoms with Gasteiger partial charge in [0.05, 0.1) is 18.7 Å². The van der Waals surface area contributed by atoms with Crippen LogP contribution in [0.15, 0.2) is 42.5 Å². The van der Waals surface area contributed by atoms with Crippen molar-refractivity contribution in [3.05, 3.63) is 53.6 Å². The average Bonchev–Trinajstić information content (AvgIpc) is 3.22. The van der Waals surface area contributed by atoms with Gasteiger partial charge in [-0.15, -0.1) is 0 Å². The minimum atomic E-state index is -0.0115. The van der Waals surface area contributed by atoms with Crippen molar-refractivity contribution in [1.82, 2.24) is 9.80 Å². The number of amides is 2. The third-order valence-electron chi connectivity index (χ3n) is 7.96. The molecular formula is C27H33N3O3. The van der Waals surface area contributed by atoms with Gasteiger partial charge in [0.2, 0.25) is 5.91 Å². The van der Waals surface area contributed by atoms with Crippen LogP contribution in [0.1, 0.15) is 47.6 Å². The van der Waals surface area contributed by atoms with Crippen LogP contribution in [0.5, 0.6) is 0 Å². The number of anilines is 1. The zero-order valence-electron chi connectivity index (χ0n) is 19.7. The quantitative estimate of drug-likeness (QED) is 0.779. The molecule has 2 aromatic rings. The number of likely N-dealkylation sites (tertiary alicyclic amines) is 1. The fourth-order valence-corrected chi connectivity index (χ4v) is 5.83. The maximum atomic E-state index is 13.3. The first-order chi connectivity index (χ1) is 15.9.